The van der Waals surface area contributed by atoms with Crippen LogP contribution in [0.2, 0.25) is 0 Å². The van der Waals surface area contributed by atoms with Crippen LogP contribution in [-0.2, 0) is 9.47 Å². The average molecular weight is 333 g/mol. The van der Waals surface area contributed by atoms with Crippen LogP contribution in [0.25, 0.3) is 0 Å². The van der Waals surface area contributed by atoms with E-state index in [2.05, 4.69) is 59.8 Å². The number of hydrogen-bond donors (Lipinski definition) is 0. The van der Waals surface area contributed by atoms with Crippen LogP contribution in [0, 0.1) is 10.8 Å². The van der Waals surface area contributed by atoms with Crippen molar-refractivity contribution in [3.05, 3.63) is 23.8 Å². The van der Waals surface area contributed by atoms with Gasteiger partial charge in [-0.05, 0) is 51.5 Å². The molecule has 2 aliphatic carbocycles. The summed E-state index contributed by atoms with van der Waals surface area (Å²) < 4.78 is 13.4. The Hall–Kier alpha value is -0.600. The Labute approximate surface area is 148 Å². The molecular formula is C22H36O2. The summed E-state index contributed by atoms with van der Waals surface area (Å²) in [6.07, 6.45) is 15.6. The topological polar surface area (TPSA) is 18.5 Å². The Morgan fingerprint density at radius 1 is 1.17 bits per heavy atom. The lowest BCUT2D eigenvalue weighted by atomic mass is 9.59. The second kappa shape index (κ2) is 5.99. The van der Waals surface area contributed by atoms with Gasteiger partial charge in [0.05, 0.1) is 0 Å². The predicted molar refractivity (Wildman–Crippen MR) is 99.9 cm³/mol. The number of ether oxygens (including phenoxy) is 2. The molecule has 24 heavy (non-hydrogen) atoms. The molecule has 3 rings (SSSR count). The van der Waals surface area contributed by atoms with Gasteiger partial charge in [-0.1, -0.05) is 58.8 Å². The highest BCUT2D eigenvalue weighted by molar-refractivity contribution is 5.34. The lowest BCUT2D eigenvalue weighted by molar-refractivity contribution is -0.188. The smallest absolute Gasteiger partial charge is 0.164 e. The lowest BCUT2D eigenvalue weighted by Crippen LogP contribution is -2.55. The number of hydrogen-bond acceptors (Lipinski definition) is 2. The Kier molecular flexibility index (Phi) is 4.54. The van der Waals surface area contributed by atoms with Gasteiger partial charge in [-0.2, -0.15) is 0 Å². The van der Waals surface area contributed by atoms with Crippen LogP contribution in [-0.4, -0.2) is 17.5 Å². The summed E-state index contributed by atoms with van der Waals surface area (Å²) in [7, 11) is 0. The van der Waals surface area contributed by atoms with Crippen LogP contribution >= 0.6 is 0 Å². The zero-order valence-electron chi connectivity index (χ0n) is 16.6. The Balaban J connectivity index is 2.15. The molecule has 0 aromatic carbocycles. The van der Waals surface area contributed by atoms with E-state index in [1.165, 1.54) is 37.7 Å². The largest absolute Gasteiger partial charge is 0.340 e. The van der Waals surface area contributed by atoms with Gasteiger partial charge in [0.25, 0.3) is 0 Å². The highest BCUT2D eigenvalue weighted by Crippen LogP contribution is 2.58. The highest BCUT2D eigenvalue weighted by atomic mass is 16.8. The van der Waals surface area contributed by atoms with Gasteiger partial charge in [-0.3, -0.25) is 0 Å². The minimum atomic E-state index is -0.515. The van der Waals surface area contributed by atoms with Crippen LogP contribution in [0.1, 0.15) is 86.5 Å². The quantitative estimate of drug-likeness (QED) is 0.575. The molecule has 0 aromatic heterocycles. The molecule has 0 bridgehead atoms. The van der Waals surface area contributed by atoms with Crippen LogP contribution in [0.3, 0.4) is 0 Å². The highest BCUT2D eigenvalue weighted by Gasteiger charge is 2.62. The van der Waals surface area contributed by atoms with Crippen LogP contribution < -0.4 is 0 Å². The first-order chi connectivity index (χ1) is 11.2. The lowest BCUT2D eigenvalue weighted by Gasteiger charge is -2.50. The second-order valence-corrected chi connectivity index (χ2v) is 9.45. The van der Waals surface area contributed by atoms with Gasteiger partial charge in [0.1, 0.15) is 11.7 Å². The molecule has 0 amide bonds. The third-order valence-electron chi connectivity index (χ3n) is 6.62. The minimum absolute atomic E-state index is 0.0523. The van der Waals surface area contributed by atoms with E-state index in [1.54, 1.807) is 0 Å². The zero-order valence-corrected chi connectivity index (χ0v) is 16.6. The molecule has 3 aliphatic rings. The van der Waals surface area contributed by atoms with E-state index < -0.39 is 5.79 Å². The van der Waals surface area contributed by atoms with E-state index in [0.29, 0.717) is 0 Å². The first-order valence-corrected chi connectivity index (χ1v) is 9.92. The molecule has 0 unspecified atom stereocenters. The van der Waals surface area contributed by atoms with Crippen LogP contribution in [0.5, 0.6) is 0 Å². The summed E-state index contributed by atoms with van der Waals surface area (Å²) in [5.41, 5.74) is 1.42. The maximum absolute atomic E-state index is 6.79. The molecule has 0 N–H and O–H groups in total. The molecule has 1 saturated heterocycles. The fourth-order valence-electron chi connectivity index (χ4n) is 5.14. The third-order valence-corrected chi connectivity index (χ3v) is 6.62. The van der Waals surface area contributed by atoms with Gasteiger partial charge in [0, 0.05) is 10.8 Å². The van der Waals surface area contributed by atoms with E-state index >= 15 is 0 Å². The van der Waals surface area contributed by atoms with Crippen molar-refractivity contribution in [2.75, 3.05) is 0 Å². The molecule has 3 atom stereocenters. The average Bonchev–Trinajstić information content (AvgIpc) is 2.76. The summed E-state index contributed by atoms with van der Waals surface area (Å²) in [5.74, 6) is -0.515. The molecule has 0 saturated carbocycles. The number of rotatable bonds is 3. The van der Waals surface area contributed by atoms with Crippen LogP contribution in [0.15, 0.2) is 23.8 Å². The molecule has 1 fully saturated rings. The third kappa shape index (κ3) is 2.80. The van der Waals surface area contributed by atoms with Gasteiger partial charge in [-0.25, -0.2) is 0 Å². The van der Waals surface area contributed by atoms with Crippen molar-refractivity contribution in [3.63, 3.8) is 0 Å². The first kappa shape index (κ1) is 18.2. The second-order valence-electron chi connectivity index (χ2n) is 9.45. The molecule has 0 spiro atoms. The SMILES string of the molecule is CCCC[C@]12OC(C)(C)O[C@@H]1C1=CCCC[C@@]1(C)/C=C\CC2(C)C. The van der Waals surface area contributed by atoms with Crippen molar-refractivity contribution in [1.82, 2.24) is 0 Å². The van der Waals surface area contributed by atoms with E-state index in [1.807, 2.05) is 0 Å². The molecule has 0 radical (unpaired) electrons. The number of fused-ring (bicyclic) bond motifs is 3. The van der Waals surface area contributed by atoms with Gasteiger partial charge in [0.15, 0.2) is 5.79 Å². The molecule has 136 valence electrons. The fourth-order valence-corrected chi connectivity index (χ4v) is 5.14. The first-order valence-electron chi connectivity index (χ1n) is 9.92. The fraction of sp³-hybridized carbons (Fsp3) is 0.818. The summed E-state index contributed by atoms with van der Waals surface area (Å²) in [5, 5.41) is 0. The normalized spacial score (nSPS) is 41.6. The van der Waals surface area contributed by atoms with Crippen molar-refractivity contribution in [2.24, 2.45) is 10.8 Å². The monoisotopic (exact) mass is 332 g/mol. The minimum Gasteiger partial charge on any atom is -0.340 e. The molecular weight excluding hydrogens is 296 g/mol. The summed E-state index contributed by atoms with van der Waals surface area (Å²) in [4.78, 5) is 0. The van der Waals surface area contributed by atoms with E-state index in [4.69, 9.17) is 9.47 Å². The molecule has 0 aromatic rings. The molecule has 1 aliphatic heterocycles. The number of allylic oxidation sites excluding steroid dienone is 3. The Bertz CT molecular complexity index is 542. The van der Waals surface area contributed by atoms with Crippen molar-refractivity contribution in [3.8, 4) is 0 Å². The predicted octanol–water partition coefficient (Wildman–Crippen LogP) is 6.17. The zero-order chi connectivity index (χ0) is 17.6. The maximum atomic E-state index is 6.79. The van der Waals surface area contributed by atoms with E-state index in [-0.39, 0.29) is 22.5 Å². The Morgan fingerprint density at radius 3 is 2.62 bits per heavy atom. The van der Waals surface area contributed by atoms with Gasteiger partial charge >= 0.3 is 0 Å². The van der Waals surface area contributed by atoms with Gasteiger partial charge in [-0.15, -0.1) is 0 Å². The van der Waals surface area contributed by atoms with E-state index in [0.717, 1.165) is 12.8 Å². The van der Waals surface area contributed by atoms with Crippen molar-refractivity contribution >= 4 is 0 Å². The molecule has 2 nitrogen and oxygen atoms in total. The van der Waals surface area contributed by atoms with Crippen molar-refractivity contribution < 1.29 is 9.47 Å². The summed E-state index contributed by atoms with van der Waals surface area (Å²) in [6.45, 7) is 13.6. The van der Waals surface area contributed by atoms with Crippen LogP contribution in [0.4, 0.5) is 0 Å². The van der Waals surface area contributed by atoms with Crippen molar-refractivity contribution in [2.45, 2.75) is 104 Å². The maximum Gasteiger partial charge on any atom is 0.164 e. The molecule has 2 heteroatoms. The standard InChI is InChI=1S/C22H36O2/c1-7-8-16-22-18(23-20(4,5)24-22)17-12-9-10-14-21(17,6)15-11-13-19(22,2)3/h11-12,15,18H,7-10,13-14,16H2,1-6H3/b15-11-/t18-,21+,22+/m1/s1. The number of unbranched alkanes of at least 4 members (excludes halogenated alkanes) is 1. The summed E-state index contributed by atoms with van der Waals surface area (Å²) >= 11 is 0. The Morgan fingerprint density at radius 2 is 1.92 bits per heavy atom. The summed E-state index contributed by atoms with van der Waals surface area (Å²) in [6, 6.07) is 0. The van der Waals surface area contributed by atoms with E-state index in [9.17, 15) is 0 Å². The van der Waals surface area contributed by atoms with Crippen molar-refractivity contribution in [1.29, 1.82) is 0 Å². The van der Waals surface area contributed by atoms with Gasteiger partial charge < -0.3 is 9.47 Å². The molecule has 1 heterocycles. The van der Waals surface area contributed by atoms with Gasteiger partial charge in [0.2, 0.25) is 0 Å².